The third-order valence-electron chi connectivity index (χ3n) is 3.77. The lowest BCUT2D eigenvalue weighted by Gasteiger charge is -2.16. The average molecular weight is 337 g/mol. The fourth-order valence-electron chi connectivity index (χ4n) is 2.35. The van der Waals surface area contributed by atoms with Crippen molar-refractivity contribution in [2.45, 2.75) is 13.1 Å². The number of benzene rings is 2. The second-order valence-electron chi connectivity index (χ2n) is 5.61. The number of nitrogens with zero attached hydrogens (tertiary/aromatic N) is 5. The quantitative estimate of drug-likeness (QED) is 0.688. The van der Waals surface area contributed by atoms with Gasteiger partial charge in [-0.15, -0.1) is 10.2 Å². The Balaban J connectivity index is 1.60. The maximum absolute atomic E-state index is 12.4. The van der Waals surface area contributed by atoms with Gasteiger partial charge in [0.1, 0.15) is 12.3 Å². The van der Waals surface area contributed by atoms with Gasteiger partial charge in [0, 0.05) is 19.2 Å². The summed E-state index contributed by atoms with van der Waals surface area (Å²) in [6.45, 7) is 0.551. The summed E-state index contributed by atoms with van der Waals surface area (Å²) < 4.78 is 5.13. The maximum atomic E-state index is 12.4. The van der Waals surface area contributed by atoms with Gasteiger partial charge in [0.25, 0.3) is 0 Å². The highest BCUT2D eigenvalue weighted by atomic mass is 16.5. The summed E-state index contributed by atoms with van der Waals surface area (Å²) in [5.41, 5.74) is 1.89. The largest absolute Gasteiger partial charge is 0.497 e. The molecule has 7 heteroatoms. The molecule has 25 heavy (non-hydrogen) atoms. The highest BCUT2D eigenvalue weighted by Crippen LogP contribution is 2.13. The summed E-state index contributed by atoms with van der Waals surface area (Å²) in [6, 6.07) is 17.2. The SMILES string of the molecule is COc1ccc(CN(C)C(=O)Cn2nnc(-c3ccccc3)n2)cc1. The molecule has 2 aromatic carbocycles. The molecule has 0 saturated carbocycles. The molecule has 0 N–H and O–H groups in total. The molecule has 0 bridgehead atoms. The molecule has 0 aliphatic carbocycles. The molecule has 3 rings (SSSR count). The van der Waals surface area contributed by atoms with Crippen LogP contribution in [0.3, 0.4) is 0 Å². The van der Waals surface area contributed by atoms with Crippen LogP contribution in [-0.2, 0) is 17.9 Å². The van der Waals surface area contributed by atoms with E-state index in [1.807, 2.05) is 54.6 Å². The molecule has 1 amide bonds. The number of hydrogen-bond acceptors (Lipinski definition) is 5. The number of carbonyl (C=O) groups excluding carboxylic acids is 1. The van der Waals surface area contributed by atoms with Crippen LogP contribution in [0.1, 0.15) is 5.56 Å². The summed E-state index contributed by atoms with van der Waals surface area (Å²) in [7, 11) is 3.38. The Labute approximate surface area is 145 Å². The molecule has 1 heterocycles. The van der Waals surface area contributed by atoms with Crippen LogP contribution in [0.25, 0.3) is 11.4 Å². The van der Waals surface area contributed by atoms with Crippen molar-refractivity contribution in [3.63, 3.8) is 0 Å². The smallest absolute Gasteiger partial charge is 0.246 e. The zero-order valence-electron chi connectivity index (χ0n) is 14.2. The second kappa shape index (κ2) is 7.57. The van der Waals surface area contributed by atoms with Gasteiger partial charge in [0.15, 0.2) is 0 Å². The van der Waals surface area contributed by atoms with Crippen molar-refractivity contribution < 1.29 is 9.53 Å². The molecule has 1 aromatic heterocycles. The van der Waals surface area contributed by atoms with Crippen LogP contribution < -0.4 is 4.74 Å². The summed E-state index contributed by atoms with van der Waals surface area (Å²) >= 11 is 0. The monoisotopic (exact) mass is 337 g/mol. The molecule has 7 nitrogen and oxygen atoms in total. The zero-order chi connectivity index (χ0) is 17.6. The minimum Gasteiger partial charge on any atom is -0.497 e. The number of amides is 1. The molecule has 0 aliphatic rings. The van der Waals surface area contributed by atoms with Gasteiger partial charge < -0.3 is 9.64 Å². The Hall–Kier alpha value is -3.22. The predicted octanol–water partition coefficient (Wildman–Crippen LogP) is 2.01. The number of methoxy groups -OCH3 is 1. The minimum atomic E-state index is -0.0900. The van der Waals surface area contributed by atoms with Crippen LogP contribution in [0.2, 0.25) is 0 Å². The maximum Gasteiger partial charge on any atom is 0.246 e. The first-order valence-corrected chi connectivity index (χ1v) is 7.86. The number of hydrogen-bond donors (Lipinski definition) is 0. The molecule has 0 spiro atoms. The molecule has 128 valence electrons. The molecule has 0 saturated heterocycles. The molecule has 0 fully saturated rings. The van der Waals surface area contributed by atoms with Crippen molar-refractivity contribution in [1.82, 2.24) is 25.1 Å². The van der Waals surface area contributed by atoms with Crippen LogP contribution in [0.5, 0.6) is 5.75 Å². The van der Waals surface area contributed by atoms with Crippen LogP contribution in [0.15, 0.2) is 54.6 Å². The lowest BCUT2D eigenvalue weighted by molar-refractivity contribution is -0.131. The minimum absolute atomic E-state index is 0.0481. The van der Waals surface area contributed by atoms with Crippen molar-refractivity contribution in [2.24, 2.45) is 0 Å². The first kappa shape index (κ1) is 16.6. The van der Waals surface area contributed by atoms with Gasteiger partial charge >= 0.3 is 0 Å². The third-order valence-corrected chi connectivity index (χ3v) is 3.77. The van der Waals surface area contributed by atoms with Crippen LogP contribution in [0.4, 0.5) is 0 Å². The number of rotatable bonds is 6. The third kappa shape index (κ3) is 4.20. The van der Waals surface area contributed by atoms with E-state index >= 15 is 0 Å². The average Bonchev–Trinajstić information content (AvgIpc) is 3.11. The van der Waals surface area contributed by atoms with Crippen molar-refractivity contribution in [3.8, 4) is 17.1 Å². The van der Waals surface area contributed by atoms with Gasteiger partial charge in [-0.1, -0.05) is 42.5 Å². The van der Waals surface area contributed by atoms with Gasteiger partial charge in [0.05, 0.1) is 7.11 Å². The Morgan fingerprint density at radius 1 is 1.12 bits per heavy atom. The highest BCUT2D eigenvalue weighted by molar-refractivity contribution is 5.75. The number of tetrazole rings is 1. The van der Waals surface area contributed by atoms with Crippen molar-refractivity contribution in [1.29, 1.82) is 0 Å². The Bertz CT molecular complexity index is 830. The fourth-order valence-corrected chi connectivity index (χ4v) is 2.35. The van der Waals surface area contributed by atoms with E-state index in [9.17, 15) is 4.79 Å². The normalized spacial score (nSPS) is 10.5. The van der Waals surface area contributed by atoms with Crippen molar-refractivity contribution >= 4 is 5.91 Å². The number of aromatic nitrogens is 4. The Kier molecular flexibility index (Phi) is 5.03. The van der Waals surface area contributed by atoms with E-state index in [0.29, 0.717) is 12.4 Å². The molecule has 0 unspecified atom stereocenters. The van der Waals surface area contributed by atoms with Crippen LogP contribution in [0, 0.1) is 0 Å². The van der Waals surface area contributed by atoms with E-state index in [2.05, 4.69) is 15.4 Å². The number of ether oxygens (including phenoxy) is 1. The first-order valence-electron chi connectivity index (χ1n) is 7.86. The summed E-state index contributed by atoms with van der Waals surface area (Å²) in [6.07, 6.45) is 0. The van der Waals surface area contributed by atoms with Crippen LogP contribution >= 0.6 is 0 Å². The zero-order valence-corrected chi connectivity index (χ0v) is 14.2. The van der Waals surface area contributed by atoms with Crippen molar-refractivity contribution in [3.05, 3.63) is 60.2 Å². The van der Waals surface area contributed by atoms with Crippen molar-refractivity contribution in [2.75, 3.05) is 14.2 Å². The molecule has 3 aromatic rings. The highest BCUT2D eigenvalue weighted by Gasteiger charge is 2.13. The van der Waals surface area contributed by atoms with Gasteiger partial charge in [-0.05, 0) is 22.9 Å². The van der Waals surface area contributed by atoms with E-state index in [4.69, 9.17) is 4.74 Å². The first-order chi connectivity index (χ1) is 12.2. The Morgan fingerprint density at radius 3 is 2.52 bits per heavy atom. The number of carbonyl (C=O) groups is 1. The van der Waals surface area contributed by atoms with E-state index in [1.165, 1.54) is 4.80 Å². The number of likely N-dealkylation sites (N-methyl/N-ethyl adjacent to an activating group) is 1. The standard InChI is InChI=1S/C18H19N5O2/c1-22(12-14-8-10-16(25-2)11-9-14)17(24)13-23-20-18(19-21-23)15-6-4-3-5-7-15/h3-11H,12-13H2,1-2H3. The van der Waals surface area contributed by atoms with Gasteiger partial charge in [-0.2, -0.15) is 4.80 Å². The lowest BCUT2D eigenvalue weighted by Crippen LogP contribution is -2.30. The molecule has 0 aliphatic heterocycles. The fraction of sp³-hybridized carbons (Fsp3) is 0.222. The molecule has 0 radical (unpaired) electrons. The van der Waals surface area contributed by atoms with Gasteiger partial charge in [-0.25, -0.2) is 0 Å². The molecular formula is C18H19N5O2. The topological polar surface area (TPSA) is 73.1 Å². The lowest BCUT2D eigenvalue weighted by atomic mass is 10.2. The van der Waals surface area contributed by atoms with E-state index in [1.54, 1.807) is 19.1 Å². The summed E-state index contributed by atoms with van der Waals surface area (Å²) in [4.78, 5) is 15.3. The summed E-state index contributed by atoms with van der Waals surface area (Å²) in [5.74, 6) is 1.21. The molecular weight excluding hydrogens is 318 g/mol. The second-order valence-corrected chi connectivity index (χ2v) is 5.61. The molecule has 0 atom stereocenters. The predicted molar refractivity (Wildman–Crippen MR) is 92.7 cm³/mol. The van der Waals surface area contributed by atoms with Crippen LogP contribution in [-0.4, -0.2) is 45.2 Å². The Morgan fingerprint density at radius 2 is 1.84 bits per heavy atom. The van der Waals surface area contributed by atoms with E-state index in [0.717, 1.165) is 16.9 Å². The van der Waals surface area contributed by atoms with E-state index < -0.39 is 0 Å². The summed E-state index contributed by atoms with van der Waals surface area (Å²) in [5, 5.41) is 12.2. The van der Waals surface area contributed by atoms with Gasteiger partial charge in [0.2, 0.25) is 11.7 Å². The van der Waals surface area contributed by atoms with E-state index in [-0.39, 0.29) is 12.5 Å². The van der Waals surface area contributed by atoms with Gasteiger partial charge in [-0.3, -0.25) is 4.79 Å².